The molecule has 7 nitrogen and oxygen atoms in total. The molecule has 142 valence electrons. The van der Waals surface area contributed by atoms with Gasteiger partial charge in [-0.25, -0.2) is 4.52 Å². The number of rotatable bonds is 3. The summed E-state index contributed by atoms with van der Waals surface area (Å²) in [6.45, 7) is 2.03. The third kappa shape index (κ3) is 2.90. The van der Waals surface area contributed by atoms with Crippen molar-refractivity contribution in [1.29, 1.82) is 0 Å². The molecule has 0 N–H and O–H groups in total. The lowest BCUT2D eigenvalue weighted by atomic mass is 10.1. The van der Waals surface area contributed by atoms with Crippen LogP contribution in [0.5, 0.6) is 0 Å². The minimum absolute atomic E-state index is 0.00546. The second-order valence-corrected chi connectivity index (χ2v) is 7.77. The van der Waals surface area contributed by atoms with Crippen LogP contribution in [-0.2, 0) is 0 Å². The molecule has 1 aliphatic rings. The lowest BCUT2D eigenvalue weighted by molar-refractivity contribution is 0.0541. The fraction of sp³-hybridized carbons (Fsp3) is 0.250. The molecule has 8 heteroatoms. The second kappa shape index (κ2) is 6.88. The number of amides is 1. The minimum atomic E-state index is -0.0110. The molecule has 4 aromatic heterocycles. The fourth-order valence-electron chi connectivity index (χ4n) is 3.67. The van der Waals surface area contributed by atoms with E-state index in [1.54, 1.807) is 17.4 Å². The van der Waals surface area contributed by atoms with Gasteiger partial charge in [0.25, 0.3) is 5.91 Å². The number of furan rings is 1. The smallest absolute Gasteiger partial charge is 0.257 e. The van der Waals surface area contributed by atoms with E-state index in [1.165, 1.54) is 18.1 Å². The summed E-state index contributed by atoms with van der Waals surface area (Å²) in [7, 11) is 2.06. The van der Waals surface area contributed by atoms with E-state index in [0.717, 1.165) is 23.3 Å². The van der Waals surface area contributed by atoms with E-state index < -0.39 is 0 Å². The zero-order valence-corrected chi connectivity index (χ0v) is 16.2. The molecule has 28 heavy (non-hydrogen) atoms. The van der Waals surface area contributed by atoms with E-state index >= 15 is 0 Å². The van der Waals surface area contributed by atoms with Crippen molar-refractivity contribution in [2.75, 3.05) is 26.7 Å². The Morgan fingerprint density at radius 1 is 1.21 bits per heavy atom. The average Bonchev–Trinajstić information content (AvgIpc) is 3.48. The van der Waals surface area contributed by atoms with Crippen molar-refractivity contribution in [3.05, 3.63) is 65.0 Å². The number of thiophene rings is 1. The predicted molar refractivity (Wildman–Crippen MR) is 106 cm³/mol. The second-order valence-electron chi connectivity index (χ2n) is 6.99. The summed E-state index contributed by atoms with van der Waals surface area (Å²) in [5.74, 6) is -0.0110. The molecular formula is C20H19N5O2S. The quantitative estimate of drug-likeness (QED) is 0.535. The minimum Gasteiger partial charge on any atom is -0.472 e. The zero-order valence-electron chi connectivity index (χ0n) is 15.4. The summed E-state index contributed by atoms with van der Waals surface area (Å²) in [6.07, 6.45) is 5.03. The number of nitrogens with zero attached hydrogens (tertiary/aromatic N) is 5. The SMILES string of the molecule is CN1CCN(C(=O)c2ccoc2)C[C@H]1c1nnn2cc(-c3ccsc3)ccc12. The highest BCUT2D eigenvalue weighted by atomic mass is 32.1. The Morgan fingerprint density at radius 2 is 2.14 bits per heavy atom. The van der Waals surface area contributed by atoms with Gasteiger partial charge in [0.2, 0.25) is 0 Å². The van der Waals surface area contributed by atoms with Crippen molar-refractivity contribution in [3.63, 3.8) is 0 Å². The average molecular weight is 393 g/mol. The molecule has 4 aromatic rings. The third-order valence-corrected chi connectivity index (χ3v) is 6.00. The van der Waals surface area contributed by atoms with Crippen LogP contribution in [0.1, 0.15) is 22.1 Å². The van der Waals surface area contributed by atoms with Crippen LogP contribution in [0.15, 0.2) is 58.2 Å². The van der Waals surface area contributed by atoms with Crippen LogP contribution in [0.25, 0.3) is 16.6 Å². The summed E-state index contributed by atoms with van der Waals surface area (Å²) in [5, 5.41) is 13.0. The molecule has 1 atom stereocenters. The molecule has 0 radical (unpaired) electrons. The standard InChI is InChI=1S/C20H19N5O2S/c1-23-6-7-24(20(26)15-4-8-27-12-15)11-18(23)19-17-3-2-14(10-25(17)22-21-19)16-5-9-28-13-16/h2-5,8-10,12-13,18H,6-7,11H2,1H3/t18-/m0/s1. The van der Waals surface area contributed by atoms with E-state index in [0.29, 0.717) is 18.7 Å². The maximum absolute atomic E-state index is 12.7. The lowest BCUT2D eigenvalue weighted by Gasteiger charge is -2.38. The molecule has 1 fully saturated rings. The maximum Gasteiger partial charge on any atom is 0.257 e. The molecule has 1 saturated heterocycles. The Balaban J connectivity index is 1.45. The number of fused-ring (bicyclic) bond motifs is 1. The van der Waals surface area contributed by atoms with Crippen LogP contribution >= 0.6 is 11.3 Å². The van der Waals surface area contributed by atoms with Crippen LogP contribution in [-0.4, -0.2) is 57.2 Å². The number of piperazine rings is 1. The van der Waals surface area contributed by atoms with Gasteiger partial charge < -0.3 is 9.32 Å². The molecule has 0 spiro atoms. The van der Waals surface area contributed by atoms with Gasteiger partial charge in [-0.3, -0.25) is 9.69 Å². The molecule has 1 aliphatic heterocycles. The van der Waals surface area contributed by atoms with Crippen LogP contribution in [0, 0.1) is 0 Å². The highest BCUT2D eigenvalue weighted by Gasteiger charge is 2.32. The van der Waals surface area contributed by atoms with Crippen molar-refractivity contribution in [2.24, 2.45) is 0 Å². The lowest BCUT2D eigenvalue weighted by Crippen LogP contribution is -2.49. The fourth-order valence-corrected chi connectivity index (χ4v) is 4.34. The van der Waals surface area contributed by atoms with Gasteiger partial charge in [-0.05, 0) is 41.6 Å². The Labute approximate surface area is 165 Å². The summed E-state index contributed by atoms with van der Waals surface area (Å²) < 4.78 is 6.89. The van der Waals surface area contributed by atoms with Crippen molar-refractivity contribution < 1.29 is 9.21 Å². The van der Waals surface area contributed by atoms with Gasteiger partial charge in [-0.15, -0.1) is 5.10 Å². The van der Waals surface area contributed by atoms with Crippen LogP contribution in [0.4, 0.5) is 0 Å². The molecule has 0 aliphatic carbocycles. The van der Waals surface area contributed by atoms with E-state index in [2.05, 4.69) is 51.2 Å². The monoisotopic (exact) mass is 393 g/mol. The van der Waals surface area contributed by atoms with Gasteiger partial charge in [0.1, 0.15) is 12.0 Å². The number of likely N-dealkylation sites (N-methyl/N-ethyl adjacent to an activating group) is 1. The Hall–Kier alpha value is -2.97. The van der Waals surface area contributed by atoms with Gasteiger partial charge in [-0.2, -0.15) is 11.3 Å². The molecule has 5 heterocycles. The first kappa shape index (κ1) is 17.2. The topological polar surface area (TPSA) is 66.9 Å². The third-order valence-electron chi connectivity index (χ3n) is 5.31. The van der Waals surface area contributed by atoms with E-state index in [4.69, 9.17) is 4.42 Å². The first-order valence-corrected chi connectivity index (χ1v) is 10.0. The van der Waals surface area contributed by atoms with Crippen LogP contribution < -0.4 is 0 Å². The highest BCUT2D eigenvalue weighted by Crippen LogP contribution is 2.29. The molecule has 0 bridgehead atoms. The summed E-state index contributed by atoms with van der Waals surface area (Å²) in [4.78, 5) is 16.8. The predicted octanol–water partition coefficient (Wildman–Crippen LogP) is 3.18. The molecule has 0 unspecified atom stereocenters. The van der Waals surface area contributed by atoms with Crippen molar-refractivity contribution in [3.8, 4) is 11.1 Å². The molecule has 0 aromatic carbocycles. The van der Waals surface area contributed by atoms with Crippen LogP contribution in [0.3, 0.4) is 0 Å². The van der Waals surface area contributed by atoms with Gasteiger partial charge in [0.15, 0.2) is 0 Å². The summed E-state index contributed by atoms with van der Waals surface area (Å²) in [6, 6.07) is 7.95. The van der Waals surface area contributed by atoms with E-state index in [-0.39, 0.29) is 11.9 Å². The van der Waals surface area contributed by atoms with Crippen molar-refractivity contribution in [2.45, 2.75) is 6.04 Å². The number of pyridine rings is 1. The zero-order chi connectivity index (χ0) is 19.1. The highest BCUT2D eigenvalue weighted by molar-refractivity contribution is 7.08. The Bertz CT molecular complexity index is 1100. The maximum atomic E-state index is 12.7. The number of aromatic nitrogens is 3. The Morgan fingerprint density at radius 3 is 2.93 bits per heavy atom. The summed E-state index contributed by atoms with van der Waals surface area (Å²) >= 11 is 1.67. The van der Waals surface area contributed by atoms with E-state index in [1.807, 2.05) is 15.6 Å². The number of hydrogen-bond donors (Lipinski definition) is 0. The van der Waals surface area contributed by atoms with Crippen molar-refractivity contribution >= 4 is 22.8 Å². The normalized spacial score (nSPS) is 18.0. The van der Waals surface area contributed by atoms with Gasteiger partial charge in [-0.1, -0.05) is 11.3 Å². The van der Waals surface area contributed by atoms with Gasteiger partial charge >= 0.3 is 0 Å². The molecule has 5 rings (SSSR count). The molecular weight excluding hydrogens is 374 g/mol. The van der Waals surface area contributed by atoms with Crippen LogP contribution in [0.2, 0.25) is 0 Å². The van der Waals surface area contributed by atoms with Crippen molar-refractivity contribution in [1.82, 2.24) is 24.6 Å². The number of hydrogen-bond acceptors (Lipinski definition) is 6. The summed E-state index contributed by atoms with van der Waals surface area (Å²) in [5.41, 5.74) is 4.73. The van der Waals surface area contributed by atoms with Gasteiger partial charge in [0, 0.05) is 31.4 Å². The van der Waals surface area contributed by atoms with E-state index in [9.17, 15) is 4.79 Å². The molecule has 1 amide bonds. The molecule has 0 saturated carbocycles. The largest absolute Gasteiger partial charge is 0.472 e. The number of carbonyl (C=O) groups excluding carboxylic acids is 1. The first-order valence-electron chi connectivity index (χ1n) is 9.10. The first-order chi connectivity index (χ1) is 13.7. The Kier molecular flexibility index (Phi) is 4.22. The number of carbonyl (C=O) groups is 1. The van der Waals surface area contributed by atoms with Gasteiger partial charge in [0.05, 0.1) is 23.4 Å².